The summed E-state index contributed by atoms with van der Waals surface area (Å²) >= 11 is 11.8. The van der Waals surface area contributed by atoms with E-state index in [4.69, 9.17) is 42.1 Å². The summed E-state index contributed by atoms with van der Waals surface area (Å²) in [4.78, 5) is 11.8. The lowest BCUT2D eigenvalue weighted by Gasteiger charge is -2.10. The van der Waals surface area contributed by atoms with E-state index in [1.807, 2.05) is 0 Å². The molecule has 0 spiro atoms. The molecule has 1 aliphatic heterocycles. The number of amides is 1. The molecule has 1 amide bonds. The van der Waals surface area contributed by atoms with Gasteiger partial charge in [0.05, 0.1) is 11.6 Å². The predicted octanol–water partition coefficient (Wildman–Crippen LogP) is 3.30. The largest absolute Gasteiger partial charge is 0.492 e. The maximum atomic E-state index is 11.8. The molecule has 0 aromatic heterocycles. The molecule has 132 valence electrons. The zero-order chi connectivity index (χ0) is 17.6. The van der Waals surface area contributed by atoms with Gasteiger partial charge in [-0.1, -0.05) is 23.2 Å². The van der Waals surface area contributed by atoms with Crippen LogP contribution in [0.4, 0.5) is 0 Å². The highest BCUT2D eigenvalue weighted by molar-refractivity contribution is 6.35. The standard InChI is InChI=1S/C17H15Cl2NO5/c18-11-1-3-14(13(19)7-11)23-9-17(21)20-5-6-22-12-2-4-15-16(8-12)25-10-24-15/h1-4,7-8H,5-6,9-10H2,(H,20,21). The second kappa shape index (κ2) is 8.18. The summed E-state index contributed by atoms with van der Waals surface area (Å²) in [5.41, 5.74) is 0. The van der Waals surface area contributed by atoms with Crippen molar-refractivity contribution in [2.45, 2.75) is 0 Å². The third-order valence-electron chi connectivity index (χ3n) is 3.29. The van der Waals surface area contributed by atoms with Gasteiger partial charge < -0.3 is 24.3 Å². The van der Waals surface area contributed by atoms with E-state index in [1.165, 1.54) is 0 Å². The van der Waals surface area contributed by atoms with E-state index >= 15 is 0 Å². The quantitative estimate of drug-likeness (QED) is 0.743. The van der Waals surface area contributed by atoms with Crippen molar-refractivity contribution in [3.8, 4) is 23.0 Å². The molecule has 0 unspecified atom stereocenters. The summed E-state index contributed by atoms with van der Waals surface area (Å²) in [6.45, 7) is 0.718. The highest BCUT2D eigenvalue weighted by atomic mass is 35.5. The Labute approximate surface area is 154 Å². The predicted molar refractivity (Wildman–Crippen MR) is 93.0 cm³/mol. The van der Waals surface area contributed by atoms with E-state index in [0.29, 0.717) is 46.2 Å². The van der Waals surface area contributed by atoms with Gasteiger partial charge in [0.2, 0.25) is 6.79 Å². The average molecular weight is 384 g/mol. The Hall–Kier alpha value is -2.31. The van der Waals surface area contributed by atoms with Crippen molar-refractivity contribution in [2.75, 3.05) is 26.6 Å². The second-order valence-electron chi connectivity index (χ2n) is 5.08. The molecule has 8 heteroatoms. The van der Waals surface area contributed by atoms with Gasteiger partial charge >= 0.3 is 0 Å². The monoisotopic (exact) mass is 383 g/mol. The van der Waals surface area contributed by atoms with Crippen LogP contribution in [0.2, 0.25) is 10.0 Å². The Morgan fingerprint density at radius 1 is 1.08 bits per heavy atom. The molecule has 0 saturated heterocycles. The fourth-order valence-electron chi connectivity index (χ4n) is 2.11. The van der Waals surface area contributed by atoms with Gasteiger partial charge in [0.15, 0.2) is 18.1 Å². The Bertz CT molecular complexity index is 769. The van der Waals surface area contributed by atoms with Crippen LogP contribution >= 0.6 is 23.2 Å². The van der Waals surface area contributed by atoms with E-state index in [1.54, 1.807) is 36.4 Å². The molecule has 2 aromatic rings. The number of hydrogen-bond acceptors (Lipinski definition) is 5. The Morgan fingerprint density at radius 2 is 1.92 bits per heavy atom. The first-order valence-electron chi connectivity index (χ1n) is 7.49. The maximum Gasteiger partial charge on any atom is 0.258 e. The van der Waals surface area contributed by atoms with Crippen LogP contribution in [-0.4, -0.2) is 32.5 Å². The molecule has 0 fully saturated rings. The molecule has 0 aliphatic carbocycles. The van der Waals surface area contributed by atoms with Crippen LogP contribution in [0.15, 0.2) is 36.4 Å². The molecule has 0 radical (unpaired) electrons. The van der Waals surface area contributed by atoms with Gasteiger partial charge in [-0.2, -0.15) is 0 Å². The van der Waals surface area contributed by atoms with Crippen LogP contribution in [0, 0.1) is 0 Å². The van der Waals surface area contributed by atoms with Crippen molar-refractivity contribution in [3.05, 3.63) is 46.4 Å². The van der Waals surface area contributed by atoms with Crippen LogP contribution < -0.4 is 24.3 Å². The number of ether oxygens (including phenoxy) is 4. The highest BCUT2D eigenvalue weighted by Crippen LogP contribution is 2.35. The van der Waals surface area contributed by atoms with Crippen LogP contribution in [0.1, 0.15) is 0 Å². The van der Waals surface area contributed by atoms with E-state index in [-0.39, 0.29) is 19.3 Å². The van der Waals surface area contributed by atoms with Crippen LogP contribution in [-0.2, 0) is 4.79 Å². The SMILES string of the molecule is O=C(COc1ccc(Cl)cc1Cl)NCCOc1ccc2c(c1)OCO2. The number of hydrogen-bond donors (Lipinski definition) is 1. The van der Waals surface area contributed by atoms with Gasteiger partial charge in [-0.25, -0.2) is 0 Å². The zero-order valence-corrected chi connectivity index (χ0v) is 14.6. The summed E-state index contributed by atoms with van der Waals surface area (Å²) in [5, 5.41) is 3.55. The molecular formula is C17H15Cl2NO5. The smallest absolute Gasteiger partial charge is 0.258 e. The van der Waals surface area contributed by atoms with Crippen molar-refractivity contribution in [2.24, 2.45) is 0 Å². The highest BCUT2D eigenvalue weighted by Gasteiger charge is 2.13. The first-order valence-corrected chi connectivity index (χ1v) is 8.24. The van der Waals surface area contributed by atoms with E-state index in [0.717, 1.165) is 0 Å². The van der Waals surface area contributed by atoms with Crippen molar-refractivity contribution >= 4 is 29.1 Å². The summed E-state index contributed by atoms with van der Waals surface area (Å²) in [7, 11) is 0. The molecule has 0 bridgehead atoms. The average Bonchev–Trinajstić information content (AvgIpc) is 3.05. The number of nitrogens with one attached hydrogen (secondary N) is 1. The van der Waals surface area contributed by atoms with Gasteiger partial charge in [-0.3, -0.25) is 4.79 Å². The minimum Gasteiger partial charge on any atom is -0.492 e. The maximum absolute atomic E-state index is 11.8. The number of fused-ring (bicyclic) bond motifs is 1. The van der Waals surface area contributed by atoms with E-state index in [2.05, 4.69) is 5.32 Å². The lowest BCUT2D eigenvalue weighted by Crippen LogP contribution is -2.32. The summed E-state index contributed by atoms with van der Waals surface area (Å²) in [6.07, 6.45) is 0. The van der Waals surface area contributed by atoms with Crippen LogP contribution in [0.25, 0.3) is 0 Å². The van der Waals surface area contributed by atoms with Gasteiger partial charge in [-0.05, 0) is 30.3 Å². The molecule has 0 saturated carbocycles. The van der Waals surface area contributed by atoms with E-state index < -0.39 is 0 Å². The lowest BCUT2D eigenvalue weighted by atomic mass is 10.3. The number of carbonyl (C=O) groups excluding carboxylic acids is 1. The van der Waals surface area contributed by atoms with Gasteiger partial charge in [0, 0.05) is 11.1 Å². The van der Waals surface area contributed by atoms with E-state index in [9.17, 15) is 4.79 Å². The zero-order valence-electron chi connectivity index (χ0n) is 13.1. The Morgan fingerprint density at radius 3 is 2.76 bits per heavy atom. The fourth-order valence-corrected chi connectivity index (χ4v) is 2.58. The summed E-state index contributed by atoms with van der Waals surface area (Å²) < 4.78 is 21.4. The lowest BCUT2D eigenvalue weighted by molar-refractivity contribution is -0.123. The molecule has 3 rings (SSSR count). The fraction of sp³-hybridized carbons (Fsp3) is 0.235. The molecule has 6 nitrogen and oxygen atoms in total. The molecule has 0 atom stereocenters. The molecule has 1 heterocycles. The topological polar surface area (TPSA) is 66.0 Å². The normalized spacial score (nSPS) is 11.9. The number of halogens is 2. The molecule has 2 aromatic carbocycles. The van der Waals surface area contributed by atoms with Crippen LogP contribution in [0.5, 0.6) is 23.0 Å². The van der Waals surface area contributed by atoms with Crippen molar-refractivity contribution in [1.29, 1.82) is 0 Å². The Balaban J connectivity index is 1.36. The van der Waals surface area contributed by atoms with Gasteiger partial charge in [-0.15, -0.1) is 0 Å². The third kappa shape index (κ3) is 4.84. The molecule has 1 aliphatic rings. The van der Waals surface area contributed by atoms with Crippen molar-refractivity contribution < 1.29 is 23.7 Å². The minimum atomic E-state index is -0.277. The molecule has 1 N–H and O–H groups in total. The molecular weight excluding hydrogens is 369 g/mol. The second-order valence-corrected chi connectivity index (χ2v) is 5.92. The first kappa shape index (κ1) is 17.5. The Kier molecular flexibility index (Phi) is 5.73. The summed E-state index contributed by atoms with van der Waals surface area (Å²) in [6, 6.07) is 10.1. The third-order valence-corrected chi connectivity index (χ3v) is 3.82. The molecule has 25 heavy (non-hydrogen) atoms. The number of rotatable bonds is 7. The minimum absolute atomic E-state index is 0.147. The first-order chi connectivity index (χ1) is 12.1. The number of benzene rings is 2. The van der Waals surface area contributed by atoms with Gasteiger partial charge in [0.1, 0.15) is 18.1 Å². The summed E-state index contributed by atoms with van der Waals surface area (Å²) in [5.74, 6) is 2.11. The van der Waals surface area contributed by atoms with Crippen LogP contribution in [0.3, 0.4) is 0 Å². The van der Waals surface area contributed by atoms with Crippen molar-refractivity contribution in [3.63, 3.8) is 0 Å². The number of carbonyl (C=O) groups is 1. The van der Waals surface area contributed by atoms with Gasteiger partial charge in [0.25, 0.3) is 5.91 Å². The van der Waals surface area contributed by atoms with Crippen molar-refractivity contribution in [1.82, 2.24) is 5.32 Å².